The predicted octanol–water partition coefficient (Wildman–Crippen LogP) is 0.733. The summed E-state index contributed by atoms with van der Waals surface area (Å²) in [5.74, 6) is -0.534. The predicted molar refractivity (Wildman–Crippen MR) is 75.4 cm³/mol. The molecule has 0 aliphatic carbocycles. The summed E-state index contributed by atoms with van der Waals surface area (Å²) in [6.07, 6.45) is 3.32. The number of carbonyl (C=O) groups is 1. The number of hydrogen-bond acceptors (Lipinski definition) is 4. The number of guanidine groups is 1. The van der Waals surface area contributed by atoms with Crippen LogP contribution in [0.5, 0.6) is 0 Å². The van der Waals surface area contributed by atoms with Crippen molar-refractivity contribution in [3.05, 3.63) is 29.7 Å². The summed E-state index contributed by atoms with van der Waals surface area (Å²) in [5.41, 5.74) is 7.33. The first-order chi connectivity index (χ1) is 9.56. The van der Waals surface area contributed by atoms with Crippen molar-refractivity contribution >= 4 is 22.8 Å². The first-order valence-electron chi connectivity index (χ1n) is 6.22. The molecule has 0 aliphatic rings. The molecule has 0 aliphatic heterocycles. The van der Waals surface area contributed by atoms with E-state index < -0.39 is 0 Å². The summed E-state index contributed by atoms with van der Waals surface area (Å²) in [6.45, 7) is 2.34. The first kappa shape index (κ1) is 13.9. The van der Waals surface area contributed by atoms with E-state index in [0.717, 1.165) is 10.9 Å². The van der Waals surface area contributed by atoms with Crippen LogP contribution in [0.3, 0.4) is 0 Å². The molecule has 0 saturated heterocycles. The lowest BCUT2D eigenvalue weighted by Crippen LogP contribution is -2.31. The number of aryl methyl sites for hydroxylation is 1. The number of esters is 1. The van der Waals surface area contributed by atoms with Crippen LogP contribution in [0.2, 0.25) is 0 Å². The van der Waals surface area contributed by atoms with E-state index in [2.05, 4.69) is 10.3 Å². The molecule has 7 nitrogen and oxygen atoms in total. The van der Waals surface area contributed by atoms with Crippen LogP contribution < -0.4 is 11.1 Å². The number of nitrogens with one attached hydrogen (secondary N) is 2. The van der Waals surface area contributed by atoms with Gasteiger partial charge in [0.15, 0.2) is 5.96 Å². The standard InChI is InChI=1S/C13H17N5O2/c1-3-20-12(19)11-8-4-5-16-6-9(8)18(2)10(11)7-17-13(14)15/h4-6H,3,7H2,1-2H3,(H4,14,15,17). The lowest BCUT2D eigenvalue weighted by atomic mass is 10.1. The minimum atomic E-state index is -0.385. The number of fused-ring (bicyclic) bond motifs is 1. The largest absolute Gasteiger partial charge is 0.462 e. The quantitative estimate of drug-likeness (QED) is 0.433. The minimum Gasteiger partial charge on any atom is -0.462 e. The van der Waals surface area contributed by atoms with E-state index in [0.29, 0.717) is 17.9 Å². The van der Waals surface area contributed by atoms with E-state index >= 15 is 0 Å². The number of rotatable bonds is 4. The SMILES string of the molecule is CCOC(=O)c1c(CNC(=N)N)n(C)c2cnccc12. The van der Waals surface area contributed by atoms with Crippen LogP contribution in [0.1, 0.15) is 23.0 Å². The molecule has 0 saturated carbocycles. The second-order valence-electron chi connectivity index (χ2n) is 4.26. The number of carbonyl (C=O) groups excluding carboxylic acids is 1. The fraction of sp³-hybridized carbons (Fsp3) is 0.308. The molecular formula is C13H17N5O2. The van der Waals surface area contributed by atoms with Crippen LogP contribution in [0.25, 0.3) is 10.9 Å². The van der Waals surface area contributed by atoms with E-state index in [1.54, 1.807) is 25.4 Å². The zero-order valence-electron chi connectivity index (χ0n) is 11.4. The molecule has 0 atom stereocenters. The zero-order chi connectivity index (χ0) is 14.7. The lowest BCUT2D eigenvalue weighted by Gasteiger charge is -2.08. The second-order valence-corrected chi connectivity index (χ2v) is 4.26. The number of aromatic nitrogens is 2. The fourth-order valence-electron chi connectivity index (χ4n) is 2.15. The highest BCUT2D eigenvalue weighted by molar-refractivity contribution is 6.05. The van der Waals surface area contributed by atoms with Crippen molar-refractivity contribution in [3.63, 3.8) is 0 Å². The fourth-order valence-corrected chi connectivity index (χ4v) is 2.15. The van der Waals surface area contributed by atoms with E-state index in [4.69, 9.17) is 15.9 Å². The van der Waals surface area contributed by atoms with Gasteiger partial charge in [0.2, 0.25) is 0 Å². The van der Waals surface area contributed by atoms with Gasteiger partial charge in [-0.1, -0.05) is 0 Å². The number of nitrogens with two attached hydrogens (primary N) is 1. The monoisotopic (exact) mass is 275 g/mol. The van der Waals surface area contributed by atoms with Gasteiger partial charge in [0.1, 0.15) is 0 Å². The van der Waals surface area contributed by atoms with Crippen LogP contribution in [0, 0.1) is 5.41 Å². The van der Waals surface area contributed by atoms with Crippen molar-refractivity contribution in [3.8, 4) is 0 Å². The van der Waals surface area contributed by atoms with Gasteiger partial charge >= 0.3 is 5.97 Å². The molecule has 2 heterocycles. The van der Waals surface area contributed by atoms with Crippen molar-refractivity contribution in [1.82, 2.24) is 14.9 Å². The number of pyridine rings is 1. The van der Waals surface area contributed by atoms with Crippen LogP contribution in [0.15, 0.2) is 18.5 Å². The highest BCUT2D eigenvalue weighted by atomic mass is 16.5. The van der Waals surface area contributed by atoms with Crippen molar-refractivity contribution in [1.29, 1.82) is 5.41 Å². The van der Waals surface area contributed by atoms with Crippen molar-refractivity contribution < 1.29 is 9.53 Å². The minimum absolute atomic E-state index is 0.150. The van der Waals surface area contributed by atoms with Gasteiger partial charge in [-0.3, -0.25) is 10.4 Å². The molecule has 0 amide bonds. The van der Waals surface area contributed by atoms with Crippen molar-refractivity contribution in [2.75, 3.05) is 6.61 Å². The summed E-state index contributed by atoms with van der Waals surface area (Å²) in [6, 6.07) is 1.78. The van der Waals surface area contributed by atoms with Gasteiger partial charge in [-0.2, -0.15) is 0 Å². The number of hydrogen-bond donors (Lipinski definition) is 3. The number of ether oxygens (including phenoxy) is 1. The molecule has 0 spiro atoms. The molecule has 106 valence electrons. The topological polar surface area (TPSA) is 106 Å². The van der Waals surface area contributed by atoms with Gasteiger partial charge in [-0.15, -0.1) is 0 Å². The summed E-state index contributed by atoms with van der Waals surface area (Å²) < 4.78 is 6.96. The Labute approximate surface area is 116 Å². The lowest BCUT2D eigenvalue weighted by molar-refractivity contribution is 0.0527. The summed E-state index contributed by atoms with van der Waals surface area (Å²) in [5, 5.41) is 10.7. The molecule has 0 fully saturated rings. The Morgan fingerprint density at radius 3 is 3.00 bits per heavy atom. The molecule has 0 bridgehead atoms. The summed E-state index contributed by atoms with van der Waals surface area (Å²) in [7, 11) is 1.84. The first-order valence-corrected chi connectivity index (χ1v) is 6.22. The molecule has 7 heteroatoms. The van der Waals surface area contributed by atoms with E-state index in [1.807, 2.05) is 11.6 Å². The maximum Gasteiger partial charge on any atom is 0.340 e. The maximum atomic E-state index is 12.2. The Bertz CT molecular complexity index is 662. The third-order valence-electron chi connectivity index (χ3n) is 3.05. The molecule has 0 aromatic carbocycles. The molecule has 2 aromatic heterocycles. The molecule has 0 unspecified atom stereocenters. The average molecular weight is 275 g/mol. The van der Waals surface area contributed by atoms with Gasteiger partial charge in [-0.25, -0.2) is 4.79 Å². The Morgan fingerprint density at radius 1 is 1.60 bits per heavy atom. The number of nitrogens with zero attached hydrogens (tertiary/aromatic N) is 2. The van der Waals surface area contributed by atoms with E-state index in [-0.39, 0.29) is 18.5 Å². The third-order valence-corrected chi connectivity index (χ3v) is 3.05. The van der Waals surface area contributed by atoms with Crippen LogP contribution >= 0.6 is 0 Å². The average Bonchev–Trinajstić information content (AvgIpc) is 2.70. The maximum absolute atomic E-state index is 12.2. The van der Waals surface area contributed by atoms with Crippen LogP contribution in [-0.2, 0) is 18.3 Å². The van der Waals surface area contributed by atoms with Gasteiger partial charge in [0.05, 0.1) is 36.1 Å². The molecule has 0 radical (unpaired) electrons. The van der Waals surface area contributed by atoms with Gasteiger partial charge in [-0.05, 0) is 13.0 Å². The van der Waals surface area contributed by atoms with Gasteiger partial charge < -0.3 is 20.4 Å². The highest BCUT2D eigenvalue weighted by Gasteiger charge is 2.21. The van der Waals surface area contributed by atoms with Crippen molar-refractivity contribution in [2.45, 2.75) is 13.5 Å². The van der Waals surface area contributed by atoms with Gasteiger partial charge in [0, 0.05) is 18.6 Å². The Balaban J connectivity index is 2.57. The Kier molecular flexibility index (Phi) is 3.88. The normalized spacial score (nSPS) is 10.5. The molecular weight excluding hydrogens is 258 g/mol. The molecule has 2 aromatic rings. The van der Waals surface area contributed by atoms with Gasteiger partial charge in [0.25, 0.3) is 0 Å². The van der Waals surface area contributed by atoms with E-state index in [9.17, 15) is 4.79 Å². The van der Waals surface area contributed by atoms with Crippen molar-refractivity contribution in [2.24, 2.45) is 12.8 Å². The molecule has 20 heavy (non-hydrogen) atoms. The molecule has 4 N–H and O–H groups in total. The van der Waals surface area contributed by atoms with E-state index in [1.165, 1.54) is 0 Å². The highest BCUT2D eigenvalue weighted by Crippen LogP contribution is 2.25. The summed E-state index contributed by atoms with van der Waals surface area (Å²) >= 11 is 0. The second kappa shape index (κ2) is 5.60. The van der Waals surface area contributed by atoms with Crippen LogP contribution in [-0.4, -0.2) is 28.1 Å². The Hall–Kier alpha value is -2.57. The smallest absolute Gasteiger partial charge is 0.340 e. The van der Waals surface area contributed by atoms with Crippen LogP contribution in [0.4, 0.5) is 0 Å². The molecule has 2 rings (SSSR count). The zero-order valence-corrected chi connectivity index (χ0v) is 11.4. The third kappa shape index (κ3) is 2.42. The Morgan fingerprint density at radius 2 is 2.35 bits per heavy atom. The summed E-state index contributed by atoms with van der Waals surface area (Å²) in [4.78, 5) is 16.2.